The molecular formula is C26H34F6N2O6. The number of hydrogen-bond donors (Lipinski definition) is 4. The second-order valence-electron chi connectivity index (χ2n) is 8.08. The van der Waals surface area contributed by atoms with Crippen molar-refractivity contribution >= 4 is 11.9 Å². The zero-order valence-electron chi connectivity index (χ0n) is 21.6. The van der Waals surface area contributed by atoms with Gasteiger partial charge in [0, 0.05) is 0 Å². The van der Waals surface area contributed by atoms with Crippen LogP contribution in [0.3, 0.4) is 0 Å². The van der Waals surface area contributed by atoms with Gasteiger partial charge in [0.2, 0.25) is 0 Å². The summed E-state index contributed by atoms with van der Waals surface area (Å²) in [4.78, 5) is 17.8. The summed E-state index contributed by atoms with van der Waals surface area (Å²) in [6.07, 6.45) is -3.88. The van der Waals surface area contributed by atoms with Gasteiger partial charge in [-0.25, -0.2) is 9.59 Å². The van der Waals surface area contributed by atoms with E-state index in [2.05, 4.69) is 24.3 Å². The minimum Gasteiger partial charge on any atom is -0.494 e. The number of ether oxygens (including phenoxy) is 2. The molecule has 0 aliphatic rings. The molecule has 226 valence electrons. The standard InChI is InChI=1S/C22H32N2O2.2C2HF3O2/c23-15-13-19-5-9-21(10-6-19)25-17-3-1-2-4-18-26-22-11-7-20(8-12-22)14-16-24;2*3-2(4,5)1(6)7/h5-12H,1-4,13-18,23-24H2;2*(H,6,7). The van der Waals surface area contributed by atoms with Gasteiger partial charge in [-0.05, 0) is 87.0 Å². The largest absolute Gasteiger partial charge is 0.494 e. The number of benzene rings is 2. The van der Waals surface area contributed by atoms with E-state index in [4.69, 9.17) is 40.7 Å². The molecule has 0 fully saturated rings. The van der Waals surface area contributed by atoms with E-state index in [1.807, 2.05) is 24.3 Å². The lowest BCUT2D eigenvalue weighted by Gasteiger charge is -2.08. The second-order valence-corrected chi connectivity index (χ2v) is 8.08. The van der Waals surface area contributed by atoms with E-state index >= 15 is 0 Å². The number of aliphatic carboxylic acids is 2. The molecule has 6 N–H and O–H groups in total. The maximum Gasteiger partial charge on any atom is 0.490 e. The van der Waals surface area contributed by atoms with Crippen LogP contribution >= 0.6 is 0 Å². The van der Waals surface area contributed by atoms with Crippen LogP contribution in [0.1, 0.15) is 36.8 Å². The van der Waals surface area contributed by atoms with Crippen LogP contribution in [-0.4, -0.2) is 60.8 Å². The predicted molar refractivity (Wildman–Crippen MR) is 135 cm³/mol. The molecule has 2 rings (SSSR count). The number of carbonyl (C=O) groups is 2. The molecule has 0 aliphatic heterocycles. The highest BCUT2D eigenvalue weighted by Crippen LogP contribution is 2.16. The van der Waals surface area contributed by atoms with Crippen molar-refractivity contribution in [2.45, 2.75) is 50.9 Å². The molecule has 0 bridgehead atoms. The first-order valence-electron chi connectivity index (χ1n) is 12.1. The second kappa shape index (κ2) is 19.5. The molecule has 0 saturated heterocycles. The molecule has 0 amide bonds. The third kappa shape index (κ3) is 18.7. The van der Waals surface area contributed by atoms with Crippen molar-refractivity contribution in [2.75, 3.05) is 26.3 Å². The first-order chi connectivity index (χ1) is 18.7. The van der Waals surface area contributed by atoms with Crippen LogP contribution in [0.4, 0.5) is 26.3 Å². The SMILES string of the molecule is NCCc1ccc(OCCCCCCOc2ccc(CCN)cc2)cc1.O=C(O)C(F)(F)F.O=C(O)C(F)(F)F. The molecule has 14 heteroatoms. The molecular weight excluding hydrogens is 550 g/mol. The van der Waals surface area contributed by atoms with Crippen molar-refractivity contribution in [1.29, 1.82) is 0 Å². The molecule has 2 aromatic rings. The molecule has 0 aromatic heterocycles. The summed E-state index contributed by atoms with van der Waals surface area (Å²) >= 11 is 0. The molecule has 0 spiro atoms. The van der Waals surface area contributed by atoms with Gasteiger partial charge in [-0.2, -0.15) is 26.3 Å². The van der Waals surface area contributed by atoms with Crippen molar-refractivity contribution in [3.63, 3.8) is 0 Å². The first kappa shape index (κ1) is 36.5. The Hall–Kier alpha value is -3.52. The number of halogens is 6. The average Bonchev–Trinajstić information content (AvgIpc) is 2.87. The van der Waals surface area contributed by atoms with Crippen molar-refractivity contribution in [1.82, 2.24) is 0 Å². The van der Waals surface area contributed by atoms with Crippen molar-refractivity contribution in [3.05, 3.63) is 59.7 Å². The maximum absolute atomic E-state index is 10.6. The van der Waals surface area contributed by atoms with Crippen LogP contribution in [0.2, 0.25) is 0 Å². The lowest BCUT2D eigenvalue weighted by atomic mass is 10.1. The lowest BCUT2D eigenvalue weighted by Crippen LogP contribution is -2.21. The average molecular weight is 585 g/mol. The summed E-state index contributed by atoms with van der Waals surface area (Å²) < 4.78 is 75.0. The van der Waals surface area contributed by atoms with Crippen LogP contribution < -0.4 is 20.9 Å². The fourth-order valence-corrected chi connectivity index (χ4v) is 2.78. The van der Waals surface area contributed by atoms with Crippen LogP contribution in [0.5, 0.6) is 11.5 Å². The zero-order chi connectivity index (χ0) is 30.6. The summed E-state index contributed by atoms with van der Waals surface area (Å²) in [6, 6.07) is 16.4. The van der Waals surface area contributed by atoms with Gasteiger partial charge < -0.3 is 31.2 Å². The van der Waals surface area contributed by atoms with Gasteiger partial charge in [0.15, 0.2) is 0 Å². The molecule has 8 nitrogen and oxygen atoms in total. The monoisotopic (exact) mass is 584 g/mol. The van der Waals surface area contributed by atoms with Gasteiger partial charge in [0.1, 0.15) is 11.5 Å². The van der Waals surface area contributed by atoms with E-state index in [0.29, 0.717) is 13.1 Å². The third-order valence-corrected chi connectivity index (χ3v) is 4.77. The van der Waals surface area contributed by atoms with Crippen molar-refractivity contribution in [3.8, 4) is 11.5 Å². The number of carboxylic acid groups (broad SMARTS) is 2. The highest BCUT2D eigenvalue weighted by Gasteiger charge is 2.38. The quantitative estimate of drug-likeness (QED) is 0.191. The van der Waals surface area contributed by atoms with E-state index in [0.717, 1.165) is 63.2 Å². The Morgan fingerprint density at radius 3 is 1.10 bits per heavy atom. The number of carboxylic acids is 2. The Kier molecular flexibility index (Phi) is 17.8. The normalized spacial score (nSPS) is 10.9. The van der Waals surface area contributed by atoms with Gasteiger partial charge in [-0.1, -0.05) is 24.3 Å². The number of unbranched alkanes of at least 4 members (excludes halogenated alkanes) is 3. The van der Waals surface area contributed by atoms with E-state index in [9.17, 15) is 26.3 Å². The topological polar surface area (TPSA) is 145 Å². The van der Waals surface area contributed by atoms with Gasteiger partial charge >= 0.3 is 24.3 Å². The molecule has 0 unspecified atom stereocenters. The van der Waals surface area contributed by atoms with Crippen LogP contribution in [0.15, 0.2) is 48.5 Å². The van der Waals surface area contributed by atoms with E-state index in [-0.39, 0.29) is 0 Å². The fourth-order valence-electron chi connectivity index (χ4n) is 2.78. The van der Waals surface area contributed by atoms with Crippen molar-refractivity contribution < 1.29 is 55.6 Å². The van der Waals surface area contributed by atoms with Gasteiger partial charge in [-0.3, -0.25) is 0 Å². The Morgan fingerprint density at radius 1 is 0.600 bits per heavy atom. The van der Waals surface area contributed by atoms with E-state index in [1.165, 1.54) is 11.1 Å². The van der Waals surface area contributed by atoms with Crippen LogP contribution in [0.25, 0.3) is 0 Å². The number of rotatable bonds is 13. The third-order valence-electron chi connectivity index (χ3n) is 4.77. The Morgan fingerprint density at radius 2 is 0.875 bits per heavy atom. The zero-order valence-corrected chi connectivity index (χ0v) is 21.6. The molecule has 0 aliphatic carbocycles. The minimum absolute atomic E-state index is 0.684. The Balaban J connectivity index is 0.000000894. The number of hydrogen-bond acceptors (Lipinski definition) is 6. The smallest absolute Gasteiger partial charge is 0.490 e. The summed E-state index contributed by atoms with van der Waals surface area (Å²) in [6.45, 7) is 2.90. The maximum atomic E-state index is 10.6. The molecule has 0 heterocycles. The minimum atomic E-state index is -5.08. The van der Waals surface area contributed by atoms with Crippen LogP contribution in [-0.2, 0) is 22.4 Å². The fraction of sp³-hybridized carbons (Fsp3) is 0.462. The molecule has 2 aromatic carbocycles. The van der Waals surface area contributed by atoms with Crippen LogP contribution in [0, 0.1) is 0 Å². The number of nitrogens with two attached hydrogens (primary N) is 2. The Labute approximate surface area is 227 Å². The summed E-state index contributed by atoms with van der Waals surface area (Å²) in [5.41, 5.74) is 13.6. The molecule has 0 saturated carbocycles. The molecule has 0 atom stereocenters. The van der Waals surface area contributed by atoms with Gasteiger partial charge in [0.05, 0.1) is 13.2 Å². The predicted octanol–water partition coefficient (Wildman–Crippen LogP) is 4.97. The Bertz CT molecular complexity index is 888. The summed E-state index contributed by atoms with van der Waals surface area (Å²) in [5.74, 6) is -3.64. The molecule has 40 heavy (non-hydrogen) atoms. The van der Waals surface area contributed by atoms with Crippen molar-refractivity contribution in [2.24, 2.45) is 11.5 Å². The summed E-state index contributed by atoms with van der Waals surface area (Å²) in [5, 5.41) is 14.2. The van der Waals surface area contributed by atoms with Gasteiger partial charge in [-0.15, -0.1) is 0 Å². The van der Waals surface area contributed by atoms with Gasteiger partial charge in [0.25, 0.3) is 0 Å². The highest BCUT2D eigenvalue weighted by molar-refractivity contribution is 5.73. The summed E-state index contributed by atoms with van der Waals surface area (Å²) in [7, 11) is 0. The number of alkyl halides is 6. The lowest BCUT2D eigenvalue weighted by molar-refractivity contribution is -0.193. The van der Waals surface area contributed by atoms with E-state index < -0.39 is 24.3 Å². The molecule has 0 radical (unpaired) electrons. The first-order valence-corrected chi connectivity index (χ1v) is 12.1. The highest BCUT2D eigenvalue weighted by atomic mass is 19.4. The van der Waals surface area contributed by atoms with E-state index in [1.54, 1.807) is 0 Å².